The van der Waals surface area contributed by atoms with Gasteiger partial charge in [-0.3, -0.25) is 4.98 Å². The lowest BCUT2D eigenvalue weighted by Crippen LogP contribution is -2.13. The third kappa shape index (κ3) is 3.01. The Morgan fingerprint density at radius 3 is 3.00 bits per heavy atom. The molecule has 0 atom stereocenters. The topological polar surface area (TPSA) is 42.7 Å². The van der Waals surface area contributed by atoms with E-state index < -0.39 is 0 Å². The first-order valence-electron chi connectivity index (χ1n) is 5.55. The van der Waals surface area contributed by atoms with Crippen LogP contribution in [-0.2, 0) is 13.1 Å². The molecule has 2 rings (SSSR count). The van der Waals surface area contributed by atoms with Crippen LogP contribution in [0.25, 0.3) is 6.20 Å². The molecule has 4 nitrogen and oxygen atoms in total. The van der Waals surface area contributed by atoms with Crippen molar-refractivity contribution < 1.29 is 0 Å². The van der Waals surface area contributed by atoms with Crippen LogP contribution in [0.1, 0.15) is 16.7 Å². The minimum absolute atomic E-state index is 0.794. The van der Waals surface area contributed by atoms with E-state index in [0.717, 1.165) is 18.7 Å². The Morgan fingerprint density at radius 1 is 1.41 bits per heavy atom. The summed E-state index contributed by atoms with van der Waals surface area (Å²) in [5, 5.41) is 7.49. The molecule has 0 aliphatic rings. The molecule has 0 radical (unpaired) electrons. The number of aromatic nitrogens is 3. The smallest absolute Gasteiger partial charge is 0.0538 e. The second-order valence-corrected chi connectivity index (χ2v) is 3.92. The number of pyridine rings is 1. The third-order valence-corrected chi connectivity index (χ3v) is 2.63. The van der Waals surface area contributed by atoms with Gasteiger partial charge in [0.1, 0.15) is 0 Å². The van der Waals surface area contributed by atoms with Gasteiger partial charge in [-0.1, -0.05) is 6.58 Å². The van der Waals surface area contributed by atoms with E-state index in [0.29, 0.717) is 0 Å². The van der Waals surface area contributed by atoms with Gasteiger partial charge >= 0.3 is 0 Å². The van der Waals surface area contributed by atoms with Crippen LogP contribution >= 0.6 is 0 Å². The molecule has 4 heteroatoms. The van der Waals surface area contributed by atoms with Crippen LogP contribution in [0.3, 0.4) is 0 Å². The summed E-state index contributed by atoms with van der Waals surface area (Å²) in [5.41, 5.74) is 3.63. The molecule has 88 valence electrons. The summed E-state index contributed by atoms with van der Waals surface area (Å²) >= 11 is 0. The van der Waals surface area contributed by atoms with Gasteiger partial charge in [-0.25, -0.2) is 4.68 Å². The molecule has 0 bridgehead atoms. The molecule has 0 aliphatic heterocycles. The molecule has 2 aromatic heterocycles. The fraction of sp³-hybridized carbons (Fsp3) is 0.231. The third-order valence-electron chi connectivity index (χ3n) is 2.63. The van der Waals surface area contributed by atoms with Crippen molar-refractivity contribution >= 4 is 6.20 Å². The Hall–Kier alpha value is -1.94. The Balaban J connectivity index is 1.87. The quantitative estimate of drug-likeness (QED) is 0.851. The van der Waals surface area contributed by atoms with Crippen molar-refractivity contribution in [3.8, 4) is 0 Å². The average molecular weight is 228 g/mol. The zero-order valence-corrected chi connectivity index (χ0v) is 9.93. The highest BCUT2D eigenvalue weighted by molar-refractivity contribution is 5.21. The SMILES string of the molecule is C=Cn1cc(CNCc2cnccc2C)cn1. The predicted octanol–water partition coefficient (Wildman–Crippen LogP) is 1.98. The Labute approximate surface area is 101 Å². The fourth-order valence-corrected chi connectivity index (χ4v) is 1.59. The molecule has 2 heterocycles. The monoisotopic (exact) mass is 228 g/mol. The first-order valence-corrected chi connectivity index (χ1v) is 5.55. The highest BCUT2D eigenvalue weighted by atomic mass is 15.2. The van der Waals surface area contributed by atoms with Gasteiger partial charge in [-0.05, 0) is 24.1 Å². The van der Waals surface area contributed by atoms with Crippen molar-refractivity contribution in [3.05, 3.63) is 54.1 Å². The van der Waals surface area contributed by atoms with Crippen LogP contribution < -0.4 is 5.32 Å². The van der Waals surface area contributed by atoms with Crippen molar-refractivity contribution in [2.24, 2.45) is 0 Å². The highest BCUT2D eigenvalue weighted by Crippen LogP contribution is 2.05. The van der Waals surface area contributed by atoms with E-state index in [1.54, 1.807) is 10.9 Å². The van der Waals surface area contributed by atoms with Crippen LogP contribution in [0, 0.1) is 6.92 Å². The summed E-state index contributed by atoms with van der Waals surface area (Å²) in [4.78, 5) is 4.12. The summed E-state index contributed by atoms with van der Waals surface area (Å²) in [6.45, 7) is 7.36. The Kier molecular flexibility index (Phi) is 3.67. The van der Waals surface area contributed by atoms with Crippen molar-refractivity contribution in [1.29, 1.82) is 0 Å². The predicted molar refractivity (Wildman–Crippen MR) is 68.1 cm³/mol. The van der Waals surface area contributed by atoms with Crippen LogP contribution in [0.15, 0.2) is 37.4 Å². The Bertz CT molecular complexity index is 502. The molecule has 0 fully saturated rings. The molecule has 0 aromatic carbocycles. The highest BCUT2D eigenvalue weighted by Gasteiger charge is 1.99. The number of rotatable bonds is 5. The standard InChI is InChI=1S/C13H16N4/c1-3-17-10-12(7-16-17)6-15-9-13-8-14-5-4-11(13)2/h3-5,7-8,10,15H,1,6,9H2,2H3. The zero-order chi connectivity index (χ0) is 12.1. The number of aryl methyl sites for hydroxylation is 1. The number of nitrogens with zero attached hydrogens (tertiary/aromatic N) is 3. The molecule has 0 aliphatic carbocycles. The van der Waals surface area contributed by atoms with E-state index in [-0.39, 0.29) is 0 Å². The van der Waals surface area contributed by atoms with E-state index in [9.17, 15) is 0 Å². The number of hydrogen-bond acceptors (Lipinski definition) is 3. The van der Waals surface area contributed by atoms with Crippen LogP contribution in [0.4, 0.5) is 0 Å². The van der Waals surface area contributed by atoms with Gasteiger partial charge in [0.05, 0.1) is 6.20 Å². The van der Waals surface area contributed by atoms with E-state index in [2.05, 4.69) is 28.9 Å². The molecule has 0 saturated carbocycles. The van der Waals surface area contributed by atoms with Crippen molar-refractivity contribution in [1.82, 2.24) is 20.1 Å². The second-order valence-electron chi connectivity index (χ2n) is 3.92. The van der Waals surface area contributed by atoms with Gasteiger partial charge < -0.3 is 5.32 Å². The first-order chi connectivity index (χ1) is 8.29. The zero-order valence-electron chi connectivity index (χ0n) is 9.93. The largest absolute Gasteiger partial charge is 0.308 e. The van der Waals surface area contributed by atoms with E-state index in [4.69, 9.17) is 0 Å². The fourth-order valence-electron chi connectivity index (χ4n) is 1.59. The molecule has 0 unspecified atom stereocenters. The average Bonchev–Trinajstić information content (AvgIpc) is 2.80. The Morgan fingerprint density at radius 2 is 2.29 bits per heavy atom. The number of nitrogens with one attached hydrogen (secondary N) is 1. The van der Waals surface area contributed by atoms with Crippen molar-refractivity contribution in [2.45, 2.75) is 20.0 Å². The van der Waals surface area contributed by atoms with Gasteiger partial charge in [0.25, 0.3) is 0 Å². The number of hydrogen-bond donors (Lipinski definition) is 1. The summed E-state index contributed by atoms with van der Waals surface area (Å²) in [6.07, 6.45) is 9.18. The molecule has 0 amide bonds. The van der Waals surface area contributed by atoms with Crippen molar-refractivity contribution in [2.75, 3.05) is 0 Å². The molecule has 2 aromatic rings. The van der Waals surface area contributed by atoms with Gasteiger partial charge in [0.2, 0.25) is 0 Å². The van der Waals surface area contributed by atoms with Crippen LogP contribution in [0.2, 0.25) is 0 Å². The maximum absolute atomic E-state index is 4.12. The maximum Gasteiger partial charge on any atom is 0.0538 e. The first kappa shape index (κ1) is 11.5. The minimum Gasteiger partial charge on any atom is -0.308 e. The van der Waals surface area contributed by atoms with Crippen LogP contribution in [0.5, 0.6) is 0 Å². The lowest BCUT2D eigenvalue weighted by molar-refractivity contribution is 0.688. The lowest BCUT2D eigenvalue weighted by atomic mass is 10.1. The lowest BCUT2D eigenvalue weighted by Gasteiger charge is -2.05. The maximum atomic E-state index is 4.12. The molecule has 17 heavy (non-hydrogen) atoms. The summed E-state index contributed by atoms with van der Waals surface area (Å²) in [6, 6.07) is 2.02. The van der Waals surface area contributed by atoms with E-state index >= 15 is 0 Å². The summed E-state index contributed by atoms with van der Waals surface area (Å²) < 4.78 is 1.70. The van der Waals surface area contributed by atoms with Gasteiger partial charge in [0.15, 0.2) is 0 Å². The summed E-state index contributed by atoms with van der Waals surface area (Å²) in [5.74, 6) is 0. The molecular formula is C13H16N4. The second kappa shape index (κ2) is 5.41. The molecular weight excluding hydrogens is 212 g/mol. The minimum atomic E-state index is 0.794. The summed E-state index contributed by atoms with van der Waals surface area (Å²) in [7, 11) is 0. The van der Waals surface area contributed by atoms with Gasteiger partial charge in [-0.15, -0.1) is 0 Å². The van der Waals surface area contributed by atoms with Gasteiger partial charge in [-0.2, -0.15) is 5.10 Å². The van der Waals surface area contributed by atoms with Crippen LogP contribution in [-0.4, -0.2) is 14.8 Å². The molecule has 0 spiro atoms. The van der Waals surface area contributed by atoms with Gasteiger partial charge in [0, 0.05) is 43.4 Å². The normalized spacial score (nSPS) is 10.4. The van der Waals surface area contributed by atoms with E-state index in [1.165, 1.54) is 11.1 Å². The molecule has 0 saturated heterocycles. The molecule has 1 N–H and O–H groups in total. The van der Waals surface area contributed by atoms with Crippen molar-refractivity contribution in [3.63, 3.8) is 0 Å². The van der Waals surface area contributed by atoms with E-state index in [1.807, 2.05) is 30.9 Å².